The first kappa shape index (κ1) is 24.6. The molecule has 4 aliphatic rings. The molecule has 0 aromatic heterocycles. The number of aryl methyl sites for hydroxylation is 1. The van der Waals surface area contributed by atoms with Crippen molar-refractivity contribution < 1.29 is 23.5 Å². The number of carbonyl (C=O) groups excluding carboxylic acids is 2. The Kier molecular flexibility index (Phi) is 6.34. The topological polar surface area (TPSA) is 55.8 Å². The summed E-state index contributed by atoms with van der Waals surface area (Å²) in [7, 11) is 1.52. The van der Waals surface area contributed by atoms with Gasteiger partial charge in [-0.1, -0.05) is 25.1 Å². The van der Waals surface area contributed by atoms with Crippen LogP contribution < -0.4 is 4.74 Å². The summed E-state index contributed by atoms with van der Waals surface area (Å²) < 4.78 is 25.2. The van der Waals surface area contributed by atoms with E-state index < -0.39 is 6.10 Å². The van der Waals surface area contributed by atoms with Crippen molar-refractivity contribution in [3.63, 3.8) is 0 Å². The number of rotatable bonds is 7. The quantitative estimate of drug-likeness (QED) is 0.362. The van der Waals surface area contributed by atoms with Gasteiger partial charge in [-0.05, 0) is 97.2 Å². The average Bonchev–Trinajstić information content (AvgIpc) is 3.20. The molecule has 6 rings (SSSR count). The van der Waals surface area contributed by atoms with Gasteiger partial charge in [0.2, 0.25) is 0 Å². The fourth-order valence-corrected chi connectivity index (χ4v) is 7.89. The molecule has 3 aliphatic carbocycles. The molecule has 2 aromatic rings. The number of carbonyl (C=O) groups is 2. The summed E-state index contributed by atoms with van der Waals surface area (Å²) in [5, 5.41) is 0. The number of fused-ring (bicyclic) bond motifs is 5. The molecule has 0 N–H and O–H groups in total. The van der Waals surface area contributed by atoms with Gasteiger partial charge in [0.1, 0.15) is 17.3 Å². The fraction of sp³-hybridized carbons (Fsp3) is 0.548. The minimum atomic E-state index is -0.563. The van der Waals surface area contributed by atoms with Crippen LogP contribution in [0.3, 0.4) is 0 Å². The third-order valence-electron chi connectivity index (χ3n) is 9.81. The first-order valence-electron chi connectivity index (χ1n) is 13.8. The molecular weight excluding hydrogens is 469 g/mol. The number of likely N-dealkylation sites (tertiary alicyclic amines) is 1. The van der Waals surface area contributed by atoms with Crippen LogP contribution in [0.1, 0.15) is 74.1 Å². The second-order valence-corrected chi connectivity index (χ2v) is 11.6. The van der Waals surface area contributed by atoms with Gasteiger partial charge < -0.3 is 14.4 Å². The molecule has 0 radical (unpaired) electrons. The van der Waals surface area contributed by atoms with E-state index in [-0.39, 0.29) is 23.2 Å². The molecule has 37 heavy (non-hydrogen) atoms. The maximum absolute atomic E-state index is 13.8. The summed E-state index contributed by atoms with van der Waals surface area (Å²) in [6.07, 6.45) is 6.29. The molecule has 2 saturated carbocycles. The van der Waals surface area contributed by atoms with Crippen LogP contribution in [-0.2, 0) is 20.7 Å². The van der Waals surface area contributed by atoms with Crippen molar-refractivity contribution in [2.75, 3.05) is 20.3 Å². The van der Waals surface area contributed by atoms with Gasteiger partial charge in [0.25, 0.3) is 5.91 Å². The monoisotopic (exact) mass is 505 g/mol. The number of nitrogens with zero attached hydrogens (tertiary/aromatic N) is 1. The van der Waals surface area contributed by atoms with E-state index in [0.717, 1.165) is 49.8 Å². The van der Waals surface area contributed by atoms with E-state index in [2.05, 4.69) is 25.1 Å². The maximum Gasteiger partial charge on any atom is 0.254 e. The third-order valence-corrected chi connectivity index (χ3v) is 9.81. The van der Waals surface area contributed by atoms with Gasteiger partial charge in [-0.2, -0.15) is 0 Å². The zero-order valence-electron chi connectivity index (χ0n) is 21.8. The lowest BCUT2D eigenvalue weighted by atomic mass is 9.55. The Bertz CT molecular complexity index is 1210. The SMILES string of the molecule is CO[C@@H]1C(=O)N(CCCOc2ccc3c(c2)CC[C@@H]2[C@@H]3CC[C@]3(C)C(=O)CC[C@@H]23)[C@@H]1c1cccc(F)c1. The average molecular weight is 506 g/mol. The summed E-state index contributed by atoms with van der Waals surface area (Å²) >= 11 is 0. The highest BCUT2D eigenvalue weighted by Crippen LogP contribution is 2.59. The van der Waals surface area contributed by atoms with Crippen LogP contribution in [0, 0.1) is 23.1 Å². The van der Waals surface area contributed by atoms with E-state index in [1.807, 2.05) is 6.07 Å². The Morgan fingerprint density at radius 1 is 1.08 bits per heavy atom. The van der Waals surface area contributed by atoms with E-state index in [0.29, 0.717) is 43.1 Å². The summed E-state index contributed by atoms with van der Waals surface area (Å²) in [6, 6.07) is 12.7. The highest BCUT2D eigenvalue weighted by molar-refractivity contribution is 5.89. The second-order valence-electron chi connectivity index (χ2n) is 11.6. The first-order chi connectivity index (χ1) is 17.9. The lowest BCUT2D eigenvalue weighted by Gasteiger charge is -2.48. The number of ketones is 1. The maximum atomic E-state index is 13.8. The van der Waals surface area contributed by atoms with Crippen LogP contribution in [0.4, 0.5) is 4.39 Å². The number of benzene rings is 2. The minimum Gasteiger partial charge on any atom is -0.494 e. The van der Waals surface area contributed by atoms with Crippen LogP contribution in [0.25, 0.3) is 0 Å². The summed E-state index contributed by atoms with van der Waals surface area (Å²) in [4.78, 5) is 26.9. The Morgan fingerprint density at radius 2 is 1.95 bits per heavy atom. The number of β-lactam (4-membered cyclic amide) rings is 1. The molecule has 0 bridgehead atoms. The number of amides is 1. The van der Waals surface area contributed by atoms with Crippen molar-refractivity contribution in [2.24, 2.45) is 17.3 Å². The van der Waals surface area contributed by atoms with Crippen LogP contribution in [-0.4, -0.2) is 43.0 Å². The Labute approximate surface area is 218 Å². The number of ether oxygens (including phenoxy) is 2. The van der Waals surface area contributed by atoms with Gasteiger partial charge in [0.05, 0.1) is 12.6 Å². The molecular formula is C31H36FNO4. The standard InChI is InChI=1S/C31H36FNO4/c1-31-14-13-24-23-10-8-22(18-19(23)7-9-25(24)26(31)11-12-27(31)34)37-16-4-15-33-28(29(36-2)30(33)35)20-5-3-6-21(32)17-20/h3,5-6,8,10,17-18,24-26,28-29H,4,7,9,11-16H2,1-2H3/t24-,25-,26+,28-,29+,31+/m1/s1. The van der Waals surface area contributed by atoms with Gasteiger partial charge in [0, 0.05) is 25.5 Å². The number of halogens is 1. The molecule has 1 amide bonds. The fourth-order valence-electron chi connectivity index (χ4n) is 7.89. The van der Waals surface area contributed by atoms with Crippen molar-refractivity contribution in [2.45, 2.75) is 69.9 Å². The van der Waals surface area contributed by atoms with Crippen molar-refractivity contribution in [3.05, 3.63) is 65.0 Å². The molecule has 6 heteroatoms. The molecule has 1 heterocycles. The van der Waals surface area contributed by atoms with Crippen molar-refractivity contribution in [1.82, 2.24) is 4.90 Å². The molecule has 0 unspecified atom stereocenters. The highest BCUT2D eigenvalue weighted by Gasteiger charge is 2.54. The molecule has 3 fully saturated rings. The number of hydrogen-bond donors (Lipinski definition) is 0. The summed E-state index contributed by atoms with van der Waals surface area (Å²) in [6.45, 7) is 3.26. The van der Waals surface area contributed by atoms with E-state index in [4.69, 9.17) is 9.47 Å². The highest BCUT2D eigenvalue weighted by atomic mass is 19.1. The van der Waals surface area contributed by atoms with E-state index in [9.17, 15) is 14.0 Å². The molecule has 1 aliphatic heterocycles. The molecule has 6 atom stereocenters. The molecule has 0 spiro atoms. The smallest absolute Gasteiger partial charge is 0.254 e. The lowest BCUT2D eigenvalue weighted by Crippen LogP contribution is -2.59. The van der Waals surface area contributed by atoms with Crippen molar-refractivity contribution in [1.29, 1.82) is 0 Å². The normalized spacial score (nSPS) is 32.4. The molecule has 5 nitrogen and oxygen atoms in total. The predicted octanol–water partition coefficient (Wildman–Crippen LogP) is 5.62. The van der Waals surface area contributed by atoms with Gasteiger partial charge in [0.15, 0.2) is 6.10 Å². The summed E-state index contributed by atoms with van der Waals surface area (Å²) in [5.74, 6) is 2.72. The second kappa shape index (κ2) is 9.54. The van der Waals surface area contributed by atoms with Gasteiger partial charge in [-0.15, -0.1) is 0 Å². The zero-order valence-corrected chi connectivity index (χ0v) is 21.8. The van der Waals surface area contributed by atoms with Gasteiger partial charge in [-0.3, -0.25) is 9.59 Å². The van der Waals surface area contributed by atoms with Crippen molar-refractivity contribution in [3.8, 4) is 5.75 Å². The van der Waals surface area contributed by atoms with E-state index in [1.165, 1.54) is 30.4 Å². The van der Waals surface area contributed by atoms with Crippen molar-refractivity contribution >= 4 is 11.7 Å². The first-order valence-corrected chi connectivity index (χ1v) is 13.8. The van der Waals surface area contributed by atoms with Crippen LogP contribution in [0.2, 0.25) is 0 Å². The number of hydrogen-bond acceptors (Lipinski definition) is 4. The number of methoxy groups -OCH3 is 1. The Balaban J connectivity index is 1.06. The van der Waals surface area contributed by atoms with Gasteiger partial charge in [-0.25, -0.2) is 4.39 Å². The molecule has 196 valence electrons. The minimum absolute atomic E-state index is 0.0624. The van der Waals surface area contributed by atoms with Crippen LogP contribution in [0.15, 0.2) is 42.5 Å². The van der Waals surface area contributed by atoms with E-state index >= 15 is 0 Å². The zero-order chi connectivity index (χ0) is 25.7. The van der Waals surface area contributed by atoms with Crippen LogP contribution >= 0.6 is 0 Å². The van der Waals surface area contributed by atoms with Gasteiger partial charge >= 0.3 is 0 Å². The van der Waals surface area contributed by atoms with E-state index in [1.54, 1.807) is 11.0 Å². The predicted molar refractivity (Wildman–Crippen MR) is 138 cm³/mol. The summed E-state index contributed by atoms with van der Waals surface area (Å²) in [5.41, 5.74) is 3.51. The third kappa shape index (κ3) is 4.08. The Morgan fingerprint density at radius 3 is 2.76 bits per heavy atom. The lowest BCUT2D eigenvalue weighted by molar-refractivity contribution is -0.171. The molecule has 2 aromatic carbocycles. The largest absolute Gasteiger partial charge is 0.494 e. The van der Waals surface area contributed by atoms with Crippen LogP contribution in [0.5, 0.6) is 5.75 Å². The Hall–Kier alpha value is -2.73. The number of Topliss-reactive ketones (excluding diaryl/α,β-unsaturated/α-hetero) is 1. The molecule has 1 saturated heterocycles.